The molecule has 0 aliphatic heterocycles. The lowest BCUT2D eigenvalue weighted by Crippen LogP contribution is -2.41. The number of benzene rings is 1. The minimum atomic E-state index is -0.239. The van der Waals surface area contributed by atoms with Crippen molar-refractivity contribution >= 4 is 34.3 Å². The van der Waals surface area contributed by atoms with Gasteiger partial charge < -0.3 is 16.0 Å². The van der Waals surface area contributed by atoms with Gasteiger partial charge in [0.05, 0.1) is 17.4 Å². The zero-order chi connectivity index (χ0) is 14.7. The van der Waals surface area contributed by atoms with Crippen molar-refractivity contribution in [1.82, 2.24) is 20.6 Å². The molecule has 106 valence electrons. The Morgan fingerprint density at radius 2 is 2.25 bits per heavy atom. The third-order valence-electron chi connectivity index (χ3n) is 3.05. The summed E-state index contributed by atoms with van der Waals surface area (Å²) in [6.45, 7) is 4.78. The van der Waals surface area contributed by atoms with E-state index in [1.807, 2.05) is 19.9 Å². The Hall–Kier alpha value is -1.99. The molecule has 0 radical (unpaired) electrons. The molecule has 0 saturated heterocycles. The molecule has 6 nitrogen and oxygen atoms in total. The Kier molecular flexibility index (Phi) is 4.31. The van der Waals surface area contributed by atoms with Gasteiger partial charge in [0.2, 0.25) is 0 Å². The third kappa shape index (κ3) is 2.78. The molecule has 1 aromatic heterocycles. The van der Waals surface area contributed by atoms with E-state index in [0.717, 1.165) is 22.2 Å². The van der Waals surface area contributed by atoms with Gasteiger partial charge in [-0.2, -0.15) is 0 Å². The Morgan fingerprint density at radius 1 is 1.50 bits per heavy atom. The van der Waals surface area contributed by atoms with Crippen LogP contribution in [0.4, 0.5) is 0 Å². The fourth-order valence-electron chi connectivity index (χ4n) is 2.04. The van der Waals surface area contributed by atoms with Crippen LogP contribution in [0.3, 0.4) is 0 Å². The fraction of sp³-hybridized carbons (Fsp3) is 0.308. The van der Waals surface area contributed by atoms with E-state index in [4.69, 9.17) is 18.0 Å². The predicted molar refractivity (Wildman–Crippen MR) is 82.7 cm³/mol. The van der Waals surface area contributed by atoms with Crippen molar-refractivity contribution < 1.29 is 4.79 Å². The number of aryl methyl sites for hydroxylation is 2. The minimum absolute atomic E-state index is 0.239. The van der Waals surface area contributed by atoms with Crippen molar-refractivity contribution in [3.05, 3.63) is 29.1 Å². The van der Waals surface area contributed by atoms with Gasteiger partial charge in [0, 0.05) is 18.7 Å². The monoisotopic (exact) mass is 291 g/mol. The summed E-state index contributed by atoms with van der Waals surface area (Å²) in [5.41, 5.74) is 9.49. The van der Waals surface area contributed by atoms with Crippen LogP contribution < -0.4 is 16.4 Å². The summed E-state index contributed by atoms with van der Waals surface area (Å²) in [7, 11) is 0. The summed E-state index contributed by atoms with van der Waals surface area (Å²) in [6.07, 6.45) is 1.62. The molecule has 0 saturated carbocycles. The van der Waals surface area contributed by atoms with E-state index < -0.39 is 0 Å². The number of carbonyl (C=O) groups is 1. The number of hydrogen-bond donors (Lipinski definition) is 4. The number of aromatic nitrogens is 2. The number of hydrogen-bond acceptors (Lipinski definition) is 4. The molecule has 5 N–H and O–H groups in total. The molecule has 0 fully saturated rings. The Labute approximate surface area is 122 Å². The second-order valence-electron chi connectivity index (χ2n) is 4.49. The zero-order valence-corrected chi connectivity index (χ0v) is 12.2. The van der Waals surface area contributed by atoms with Gasteiger partial charge in [-0.15, -0.1) is 0 Å². The summed E-state index contributed by atoms with van der Waals surface area (Å²) in [5, 5.41) is 5.78. The number of fused-ring (bicyclic) bond motifs is 1. The second-order valence-corrected chi connectivity index (χ2v) is 4.90. The largest absolute Gasteiger partial charge is 0.361 e. The molecule has 2 aromatic rings. The van der Waals surface area contributed by atoms with Crippen LogP contribution in [0, 0.1) is 13.8 Å². The van der Waals surface area contributed by atoms with Gasteiger partial charge in [-0.25, -0.2) is 4.98 Å². The quantitative estimate of drug-likeness (QED) is 0.626. The number of nitrogens with zero attached hydrogens (tertiary/aromatic N) is 1. The molecule has 0 spiro atoms. The van der Waals surface area contributed by atoms with E-state index in [0.29, 0.717) is 18.7 Å². The molecule has 20 heavy (non-hydrogen) atoms. The van der Waals surface area contributed by atoms with Gasteiger partial charge in [-0.3, -0.25) is 10.1 Å². The molecule has 0 unspecified atom stereocenters. The lowest BCUT2D eigenvalue weighted by Gasteiger charge is -2.11. The summed E-state index contributed by atoms with van der Waals surface area (Å²) in [5.74, 6) is -0.239. The highest BCUT2D eigenvalue weighted by Crippen LogP contribution is 2.22. The van der Waals surface area contributed by atoms with Crippen molar-refractivity contribution in [3.63, 3.8) is 0 Å². The van der Waals surface area contributed by atoms with Crippen molar-refractivity contribution in [2.45, 2.75) is 13.8 Å². The maximum atomic E-state index is 12.3. The number of H-pyrrole nitrogens is 1. The van der Waals surface area contributed by atoms with Crippen LogP contribution in [0.1, 0.15) is 21.5 Å². The van der Waals surface area contributed by atoms with Gasteiger partial charge in [-0.1, -0.05) is 0 Å². The number of carbonyl (C=O) groups excluding carboxylic acids is 1. The number of nitrogens with one attached hydrogen (secondary N) is 3. The molecule has 1 aromatic carbocycles. The van der Waals surface area contributed by atoms with Crippen molar-refractivity contribution in [3.8, 4) is 0 Å². The Balaban J connectivity index is 2.26. The lowest BCUT2D eigenvalue weighted by molar-refractivity contribution is 0.0976. The summed E-state index contributed by atoms with van der Waals surface area (Å²) in [6, 6.07) is 1.82. The standard InChI is InChI=1S/C13H17N5OS/c1-7-5-9(8(2)11-10(7)16-6-17-11)12(19)18-13(20)15-4-3-14/h5-6H,3-4,14H2,1-2H3,(H,16,17)(H2,15,18,19,20). The molecule has 7 heteroatoms. The van der Waals surface area contributed by atoms with Crippen molar-refractivity contribution in [2.24, 2.45) is 5.73 Å². The van der Waals surface area contributed by atoms with Crippen LogP contribution in [0.5, 0.6) is 0 Å². The van der Waals surface area contributed by atoms with E-state index in [9.17, 15) is 4.79 Å². The van der Waals surface area contributed by atoms with Crippen molar-refractivity contribution in [1.29, 1.82) is 0 Å². The molecule has 0 bridgehead atoms. The summed E-state index contributed by atoms with van der Waals surface area (Å²) < 4.78 is 0. The topological polar surface area (TPSA) is 95.8 Å². The molecule has 0 atom stereocenters. The van der Waals surface area contributed by atoms with Gasteiger partial charge >= 0.3 is 0 Å². The first-order valence-corrected chi connectivity index (χ1v) is 6.68. The summed E-state index contributed by atoms with van der Waals surface area (Å²) in [4.78, 5) is 19.5. The minimum Gasteiger partial charge on any atom is -0.361 e. The Morgan fingerprint density at radius 3 is 2.95 bits per heavy atom. The first-order chi connectivity index (χ1) is 9.54. The fourth-order valence-corrected chi connectivity index (χ4v) is 2.24. The molecule has 1 amide bonds. The van der Waals surface area contributed by atoms with Crippen LogP contribution in [0.2, 0.25) is 0 Å². The SMILES string of the molecule is Cc1cc(C(=O)NC(=S)NCCN)c(C)c2[nH]cnc12. The van der Waals surface area contributed by atoms with Crippen LogP contribution in [0.25, 0.3) is 11.0 Å². The van der Waals surface area contributed by atoms with Crippen LogP contribution in [-0.2, 0) is 0 Å². The average Bonchev–Trinajstić information content (AvgIpc) is 2.90. The summed E-state index contributed by atoms with van der Waals surface area (Å²) >= 11 is 5.03. The predicted octanol–water partition coefficient (Wildman–Crippen LogP) is 0.743. The van der Waals surface area contributed by atoms with Crippen LogP contribution in [0.15, 0.2) is 12.4 Å². The van der Waals surface area contributed by atoms with E-state index in [2.05, 4.69) is 20.6 Å². The van der Waals surface area contributed by atoms with E-state index >= 15 is 0 Å². The molecule has 1 heterocycles. The lowest BCUT2D eigenvalue weighted by atomic mass is 10.0. The van der Waals surface area contributed by atoms with E-state index in [1.54, 1.807) is 6.33 Å². The van der Waals surface area contributed by atoms with Crippen molar-refractivity contribution in [2.75, 3.05) is 13.1 Å². The maximum absolute atomic E-state index is 12.3. The average molecular weight is 291 g/mol. The second kappa shape index (κ2) is 5.98. The third-order valence-corrected chi connectivity index (χ3v) is 3.30. The van der Waals surface area contributed by atoms with Gasteiger partial charge in [0.25, 0.3) is 5.91 Å². The smallest absolute Gasteiger partial charge is 0.257 e. The molecular formula is C13H17N5OS. The van der Waals surface area contributed by atoms with Gasteiger partial charge in [0.1, 0.15) is 0 Å². The number of aromatic amines is 1. The highest BCUT2D eigenvalue weighted by atomic mass is 32.1. The highest BCUT2D eigenvalue weighted by molar-refractivity contribution is 7.80. The highest BCUT2D eigenvalue weighted by Gasteiger charge is 2.15. The number of thiocarbonyl (C=S) groups is 1. The molecule has 0 aliphatic rings. The maximum Gasteiger partial charge on any atom is 0.257 e. The Bertz CT molecular complexity index is 664. The van der Waals surface area contributed by atoms with E-state index in [-0.39, 0.29) is 11.0 Å². The number of nitrogens with two attached hydrogens (primary N) is 1. The van der Waals surface area contributed by atoms with Gasteiger partial charge in [-0.05, 0) is 43.3 Å². The van der Waals surface area contributed by atoms with Gasteiger partial charge in [0.15, 0.2) is 5.11 Å². The zero-order valence-electron chi connectivity index (χ0n) is 11.4. The van der Waals surface area contributed by atoms with Crippen LogP contribution >= 0.6 is 12.2 Å². The van der Waals surface area contributed by atoms with E-state index in [1.165, 1.54) is 0 Å². The number of rotatable bonds is 3. The van der Waals surface area contributed by atoms with Crippen LogP contribution in [-0.4, -0.2) is 34.1 Å². The molecular weight excluding hydrogens is 274 g/mol. The molecule has 2 rings (SSSR count). The molecule has 0 aliphatic carbocycles. The first-order valence-electron chi connectivity index (χ1n) is 6.27. The number of amides is 1. The first kappa shape index (κ1) is 14.4. The normalized spacial score (nSPS) is 10.6. The number of imidazole rings is 1.